The van der Waals surface area contributed by atoms with Crippen molar-refractivity contribution in [1.82, 2.24) is 9.97 Å². The van der Waals surface area contributed by atoms with E-state index in [1.165, 1.54) is 32.1 Å². The molecule has 3 nitrogen and oxygen atoms in total. The standard InChI is InChI=1S/C13H18BrClN2O/c1-2-18-11(9-6-4-3-5-7-9)13-16-8-10(14)12(15)17-13/h8-9,11H,2-7H2,1H3. The van der Waals surface area contributed by atoms with E-state index >= 15 is 0 Å². The fraction of sp³-hybridized carbons (Fsp3) is 0.692. The lowest BCUT2D eigenvalue weighted by atomic mass is 9.85. The molecule has 0 spiro atoms. The average Bonchev–Trinajstić information content (AvgIpc) is 2.40. The van der Waals surface area contributed by atoms with Gasteiger partial charge in [0.1, 0.15) is 11.3 Å². The molecule has 1 atom stereocenters. The van der Waals surface area contributed by atoms with Crippen LogP contribution >= 0.6 is 27.5 Å². The van der Waals surface area contributed by atoms with E-state index < -0.39 is 0 Å². The fourth-order valence-corrected chi connectivity index (χ4v) is 2.86. The van der Waals surface area contributed by atoms with Crippen molar-refractivity contribution >= 4 is 27.5 Å². The molecule has 0 aliphatic heterocycles. The minimum Gasteiger partial charge on any atom is -0.370 e. The molecule has 1 aliphatic carbocycles. The Hall–Kier alpha value is -0.190. The van der Waals surface area contributed by atoms with Crippen LogP contribution in [0.5, 0.6) is 0 Å². The van der Waals surface area contributed by atoms with Gasteiger partial charge in [-0.2, -0.15) is 0 Å². The number of aromatic nitrogens is 2. The zero-order valence-electron chi connectivity index (χ0n) is 10.5. The van der Waals surface area contributed by atoms with E-state index in [1.54, 1.807) is 6.20 Å². The van der Waals surface area contributed by atoms with E-state index in [2.05, 4.69) is 25.9 Å². The Morgan fingerprint density at radius 1 is 1.44 bits per heavy atom. The molecule has 0 radical (unpaired) electrons. The minimum absolute atomic E-state index is 0.0131. The number of halogens is 2. The van der Waals surface area contributed by atoms with Gasteiger partial charge in [-0.1, -0.05) is 30.9 Å². The van der Waals surface area contributed by atoms with Crippen LogP contribution in [-0.2, 0) is 4.74 Å². The lowest BCUT2D eigenvalue weighted by Gasteiger charge is -2.29. The lowest BCUT2D eigenvalue weighted by Crippen LogP contribution is -2.21. The molecule has 1 heterocycles. The van der Waals surface area contributed by atoms with E-state index in [-0.39, 0.29) is 6.10 Å². The van der Waals surface area contributed by atoms with E-state index in [9.17, 15) is 0 Å². The molecule has 0 aromatic carbocycles. The fourth-order valence-electron chi connectivity index (χ4n) is 2.53. The topological polar surface area (TPSA) is 35.0 Å². The highest BCUT2D eigenvalue weighted by Crippen LogP contribution is 2.36. The monoisotopic (exact) mass is 332 g/mol. The third kappa shape index (κ3) is 3.43. The van der Waals surface area contributed by atoms with Crippen molar-refractivity contribution < 1.29 is 4.74 Å². The molecule has 5 heteroatoms. The molecule has 1 aliphatic rings. The molecule has 0 saturated heterocycles. The summed E-state index contributed by atoms with van der Waals surface area (Å²) < 4.78 is 6.59. The van der Waals surface area contributed by atoms with Crippen molar-refractivity contribution in [3.8, 4) is 0 Å². The minimum atomic E-state index is -0.0131. The van der Waals surface area contributed by atoms with Gasteiger partial charge in [0.05, 0.1) is 4.47 Å². The zero-order chi connectivity index (χ0) is 13.0. The summed E-state index contributed by atoms with van der Waals surface area (Å²) >= 11 is 9.36. The van der Waals surface area contributed by atoms with Gasteiger partial charge in [0.25, 0.3) is 0 Å². The Morgan fingerprint density at radius 2 is 2.17 bits per heavy atom. The van der Waals surface area contributed by atoms with Gasteiger partial charge in [-0.25, -0.2) is 9.97 Å². The van der Waals surface area contributed by atoms with Crippen LogP contribution in [0.2, 0.25) is 5.15 Å². The van der Waals surface area contributed by atoms with Crippen LogP contribution in [0.1, 0.15) is 51.0 Å². The molecule has 1 fully saturated rings. The number of nitrogens with zero attached hydrogens (tertiary/aromatic N) is 2. The van der Waals surface area contributed by atoms with Crippen molar-refractivity contribution in [3.05, 3.63) is 21.6 Å². The molecule has 0 N–H and O–H groups in total. The quantitative estimate of drug-likeness (QED) is 0.758. The van der Waals surface area contributed by atoms with Crippen LogP contribution in [0, 0.1) is 5.92 Å². The summed E-state index contributed by atoms with van der Waals surface area (Å²) in [6.07, 6.45) is 7.97. The van der Waals surface area contributed by atoms with Crippen LogP contribution < -0.4 is 0 Å². The first-order valence-corrected chi connectivity index (χ1v) is 7.69. The zero-order valence-corrected chi connectivity index (χ0v) is 12.9. The first-order valence-electron chi connectivity index (χ1n) is 6.52. The lowest BCUT2D eigenvalue weighted by molar-refractivity contribution is -0.000209. The Bertz CT molecular complexity index is 397. The third-order valence-corrected chi connectivity index (χ3v) is 4.50. The SMILES string of the molecule is CCOC(c1ncc(Br)c(Cl)n1)C1CCCCC1. The van der Waals surface area contributed by atoms with Crippen LogP contribution in [0.3, 0.4) is 0 Å². The number of hydrogen-bond acceptors (Lipinski definition) is 3. The van der Waals surface area contributed by atoms with Crippen molar-refractivity contribution in [2.45, 2.75) is 45.1 Å². The molecular formula is C13H18BrClN2O. The summed E-state index contributed by atoms with van der Waals surface area (Å²) in [7, 11) is 0. The second kappa shape index (κ2) is 6.83. The molecular weight excluding hydrogens is 316 g/mol. The molecule has 2 rings (SSSR count). The molecule has 1 unspecified atom stereocenters. The van der Waals surface area contributed by atoms with E-state index in [4.69, 9.17) is 16.3 Å². The van der Waals surface area contributed by atoms with Crippen LogP contribution in [-0.4, -0.2) is 16.6 Å². The van der Waals surface area contributed by atoms with Crippen LogP contribution in [0.15, 0.2) is 10.7 Å². The number of ether oxygens (including phenoxy) is 1. The highest BCUT2D eigenvalue weighted by atomic mass is 79.9. The summed E-state index contributed by atoms with van der Waals surface area (Å²) in [6, 6.07) is 0. The van der Waals surface area contributed by atoms with E-state index in [0.717, 1.165) is 10.3 Å². The summed E-state index contributed by atoms with van der Waals surface area (Å²) in [5.74, 6) is 1.24. The van der Waals surface area contributed by atoms with Crippen LogP contribution in [0.25, 0.3) is 0 Å². The van der Waals surface area contributed by atoms with Crippen molar-refractivity contribution in [2.24, 2.45) is 5.92 Å². The summed E-state index contributed by atoms with van der Waals surface area (Å²) in [5, 5.41) is 0.459. The number of rotatable bonds is 4. The Morgan fingerprint density at radius 3 is 2.78 bits per heavy atom. The van der Waals surface area contributed by atoms with Crippen molar-refractivity contribution in [2.75, 3.05) is 6.61 Å². The maximum atomic E-state index is 6.04. The van der Waals surface area contributed by atoms with Crippen LogP contribution in [0.4, 0.5) is 0 Å². The Balaban J connectivity index is 2.19. The molecule has 1 aromatic heterocycles. The van der Waals surface area contributed by atoms with Gasteiger partial charge in [-0.15, -0.1) is 0 Å². The summed E-state index contributed by atoms with van der Waals surface area (Å²) in [4.78, 5) is 8.72. The van der Waals surface area contributed by atoms with Gasteiger partial charge < -0.3 is 4.74 Å². The molecule has 1 aromatic rings. The van der Waals surface area contributed by atoms with Crippen molar-refractivity contribution in [1.29, 1.82) is 0 Å². The van der Waals surface area contributed by atoms with Gasteiger partial charge in [-0.05, 0) is 41.6 Å². The van der Waals surface area contributed by atoms with Gasteiger partial charge in [0.2, 0.25) is 0 Å². The smallest absolute Gasteiger partial charge is 0.159 e. The predicted octanol–water partition coefficient (Wildman–Crippen LogP) is 4.55. The largest absolute Gasteiger partial charge is 0.370 e. The van der Waals surface area contributed by atoms with Gasteiger partial charge in [0.15, 0.2) is 5.82 Å². The highest BCUT2D eigenvalue weighted by molar-refractivity contribution is 9.10. The molecule has 18 heavy (non-hydrogen) atoms. The van der Waals surface area contributed by atoms with Gasteiger partial charge in [-0.3, -0.25) is 0 Å². The molecule has 0 bridgehead atoms. The summed E-state index contributed by atoms with van der Waals surface area (Å²) in [6.45, 7) is 2.69. The van der Waals surface area contributed by atoms with E-state index in [0.29, 0.717) is 17.7 Å². The average molecular weight is 334 g/mol. The molecule has 0 amide bonds. The second-order valence-electron chi connectivity index (χ2n) is 4.64. The molecule has 1 saturated carbocycles. The maximum Gasteiger partial charge on any atom is 0.159 e. The Labute approximate surface area is 121 Å². The van der Waals surface area contributed by atoms with Gasteiger partial charge >= 0.3 is 0 Å². The van der Waals surface area contributed by atoms with E-state index in [1.807, 2.05) is 6.92 Å². The van der Waals surface area contributed by atoms with Crippen molar-refractivity contribution in [3.63, 3.8) is 0 Å². The second-order valence-corrected chi connectivity index (χ2v) is 5.85. The maximum absolute atomic E-state index is 6.04. The first kappa shape index (κ1) is 14.2. The third-order valence-electron chi connectivity index (χ3n) is 3.40. The first-order chi connectivity index (χ1) is 8.72. The predicted molar refractivity (Wildman–Crippen MR) is 75.7 cm³/mol. The number of hydrogen-bond donors (Lipinski definition) is 0. The Kier molecular flexibility index (Phi) is 5.39. The normalized spacial score (nSPS) is 18.8. The summed E-state index contributed by atoms with van der Waals surface area (Å²) in [5.41, 5.74) is 0. The highest BCUT2D eigenvalue weighted by Gasteiger charge is 2.28. The van der Waals surface area contributed by atoms with Gasteiger partial charge in [0, 0.05) is 12.8 Å². The molecule has 100 valence electrons.